The van der Waals surface area contributed by atoms with Gasteiger partial charge in [-0.3, -0.25) is 19.7 Å². The fraction of sp³-hybridized carbons (Fsp3) is 0.826. The highest BCUT2D eigenvalue weighted by Crippen LogP contribution is 2.37. The van der Waals surface area contributed by atoms with E-state index in [1.54, 1.807) is 7.11 Å². The Balaban J connectivity index is 2.30. The summed E-state index contributed by atoms with van der Waals surface area (Å²) in [4.78, 5) is 36.4. The van der Waals surface area contributed by atoms with Crippen LogP contribution in [-0.2, 0) is 44.3 Å². The fourth-order valence-corrected chi connectivity index (χ4v) is 8.13. The molecule has 0 spiro atoms. The first-order valence-corrected chi connectivity index (χ1v) is 26.9. The third-order valence-electron chi connectivity index (χ3n) is 11.1. The summed E-state index contributed by atoms with van der Waals surface area (Å²) in [6.45, 7) is 15.0. The van der Waals surface area contributed by atoms with Crippen LogP contribution in [0.25, 0.3) is 0 Å². The van der Waals surface area contributed by atoms with Crippen molar-refractivity contribution in [3.8, 4) is 5.75 Å². The van der Waals surface area contributed by atoms with Crippen LogP contribution in [0.1, 0.15) is 175 Å². The summed E-state index contributed by atoms with van der Waals surface area (Å²) in [5, 5.41) is 11.4. The number of rotatable bonds is 39. The van der Waals surface area contributed by atoms with Crippen molar-refractivity contribution < 1.29 is 47.4 Å². The van der Waals surface area contributed by atoms with Gasteiger partial charge in [0.15, 0.2) is 21.2 Å². The number of nitrogens with zero attached hydrogens (tertiary/aromatic N) is 1. The van der Waals surface area contributed by atoms with Crippen LogP contribution in [0, 0.1) is 13.7 Å². The number of hydrogen-bond donors (Lipinski definition) is 0. The molecule has 0 aromatic heterocycles. The maximum Gasteiger partial charge on any atom is 0.306 e. The number of ether oxygens (including phenoxy) is 6. The average molecular weight is 980 g/mol. The van der Waals surface area contributed by atoms with E-state index < -0.39 is 19.3 Å². The fourth-order valence-electron chi connectivity index (χ4n) is 6.27. The van der Waals surface area contributed by atoms with Gasteiger partial charge in [0.05, 0.1) is 34.9 Å². The van der Waals surface area contributed by atoms with E-state index in [0.29, 0.717) is 47.5 Å². The molecule has 0 saturated carbocycles. The third-order valence-corrected chi connectivity index (χ3v) is 16.4. The highest BCUT2D eigenvalue weighted by molar-refractivity contribution is 14.1. The Morgan fingerprint density at radius 1 is 0.733 bits per heavy atom. The molecule has 348 valence electrons. The van der Waals surface area contributed by atoms with Crippen molar-refractivity contribution in [3.05, 3.63) is 31.4 Å². The second-order valence-electron chi connectivity index (χ2n) is 17.5. The molecule has 0 bridgehead atoms. The number of methoxy groups -OCH3 is 1. The molecule has 0 saturated heterocycles. The number of nitro benzene ring substituents is 1. The minimum atomic E-state index is -2.08. The lowest BCUT2D eigenvalue weighted by molar-refractivity contribution is -0.385. The van der Waals surface area contributed by atoms with Crippen molar-refractivity contribution in [1.29, 1.82) is 0 Å². The zero-order valence-electron chi connectivity index (χ0n) is 38.6. The Morgan fingerprint density at radius 2 is 1.27 bits per heavy atom. The van der Waals surface area contributed by atoms with Gasteiger partial charge in [-0.25, -0.2) is 0 Å². The number of esters is 2. The molecule has 0 amide bonds. The topological polar surface area (TPSA) is 142 Å². The van der Waals surface area contributed by atoms with Gasteiger partial charge in [0.25, 0.3) is 5.69 Å². The van der Waals surface area contributed by atoms with Crippen LogP contribution in [0.2, 0.25) is 18.1 Å². The van der Waals surface area contributed by atoms with Gasteiger partial charge < -0.3 is 32.8 Å². The Bertz CT molecular complexity index is 1290. The first-order valence-electron chi connectivity index (χ1n) is 22.9. The van der Waals surface area contributed by atoms with Crippen molar-refractivity contribution in [2.24, 2.45) is 0 Å². The van der Waals surface area contributed by atoms with Crippen LogP contribution in [-0.4, -0.2) is 78.2 Å². The summed E-state index contributed by atoms with van der Waals surface area (Å²) in [6, 6.07) is 2.98. The van der Waals surface area contributed by atoms with E-state index in [2.05, 4.69) is 40.8 Å². The van der Waals surface area contributed by atoms with Crippen molar-refractivity contribution in [2.45, 2.75) is 200 Å². The van der Waals surface area contributed by atoms with Gasteiger partial charge in [-0.15, -0.1) is 0 Å². The minimum absolute atomic E-state index is 0.00115. The van der Waals surface area contributed by atoms with Gasteiger partial charge >= 0.3 is 11.9 Å². The highest BCUT2D eigenvalue weighted by atomic mass is 127. The lowest BCUT2D eigenvalue weighted by atomic mass is 10.1. The van der Waals surface area contributed by atoms with Crippen molar-refractivity contribution in [2.75, 3.05) is 46.9 Å². The van der Waals surface area contributed by atoms with Gasteiger partial charge in [-0.2, -0.15) is 0 Å². The third kappa shape index (κ3) is 28.0. The summed E-state index contributed by atoms with van der Waals surface area (Å²) in [5.41, 5.74) is 0.625. The maximum absolute atomic E-state index is 12.9. The van der Waals surface area contributed by atoms with Crippen LogP contribution in [0.15, 0.2) is 12.1 Å². The van der Waals surface area contributed by atoms with E-state index in [-0.39, 0.29) is 49.3 Å². The van der Waals surface area contributed by atoms with Gasteiger partial charge in [0.1, 0.15) is 12.4 Å². The van der Waals surface area contributed by atoms with Crippen LogP contribution < -0.4 is 4.74 Å². The molecule has 60 heavy (non-hydrogen) atoms. The molecule has 1 aromatic carbocycles. The van der Waals surface area contributed by atoms with Crippen molar-refractivity contribution in [3.63, 3.8) is 0 Å². The SMILES string of the molecule is CCCCCCCCCCCCCC(=O)OC[C@@H](CO[Si](C)(C)C(C)(C)C)OC(=O)CCCCCCCCCCCOCc1cc([N+](=O)[O-])cc(I)c1OCOCCOC. The predicted octanol–water partition coefficient (Wildman–Crippen LogP) is 12.8. The number of non-ortho nitro benzene ring substituents is 1. The van der Waals surface area contributed by atoms with E-state index in [0.717, 1.165) is 77.0 Å². The Kier molecular flexibility index (Phi) is 32.4. The molecule has 1 rings (SSSR count). The van der Waals surface area contributed by atoms with Crippen LogP contribution >= 0.6 is 22.6 Å². The average Bonchev–Trinajstić information content (AvgIpc) is 3.19. The Labute approximate surface area is 378 Å². The Morgan fingerprint density at radius 3 is 1.80 bits per heavy atom. The van der Waals surface area contributed by atoms with Crippen molar-refractivity contribution in [1.82, 2.24) is 0 Å². The lowest BCUT2D eigenvalue weighted by Crippen LogP contribution is -2.44. The molecule has 1 aromatic rings. The molecule has 0 heterocycles. The van der Waals surface area contributed by atoms with Crippen LogP contribution in [0.5, 0.6) is 5.75 Å². The maximum atomic E-state index is 12.9. The monoisotopic (exact) mass is 979 g/mol. The molecule has 0 aliphatic heterocycles. The summed E-state index contributed by atoms with van der Waals surface area (Å²) >= 11 is 2.03. The quantitative estimate of drug-likeness (QED) is 0.0118. The molecule has 0 aliphatic carbocycles. The zero-order valence-corrected chi connectivity index (χ0v) is 41.7. The number of benzene rings is 1. The van der Waals surface area contributed by atoms with Gasteiger partial charge in [0.2, 0.25) is 0 Å². The van der Waals surface area contributed by atoms with E-state index >= 15 is 0 Å². The van der Waals surface area contributed by atoms with E-state index in [9.17, 15) is 19.7 Å². The number of carbonyl (C=O) groups excluding carboxylic acids is 2. The molecule has 1 atom stereocenters. The second kappa shape index (κ2) is 34.6. The Hall–Kier alpha value is -1.85. The minimum Gasteiger partial charge on any atom is -0.466 e. The predicted molar refractivity (Wildman–Crippen MR) is 250 cm³/mol. The van der Waals surface area contributed by atoms with E-state index in [1.165, 1.54) is 63.5 Å². The number of halogens is 1. The summed E-state index contributed by atoms with van der Waals surface area (Å²) in [7, 11) is -0.484. The lowest BCUT2D eigenvalue weighted by Gasteiger charge is -2.37. The van der Waals surface area contributed by atoms with E-state index in [1.807, 2.05) is 22.6 Å². The van der Waals surface area contributed by atoms with Gasteiger partial charge in [0, 0.05) is 44.3 Å². The highest BCUT2D eigenvalue weighted by Gasteiger charge is 2.38. The normalized spacial score (nSPS) is 12.4. The first kappa shape index (κ1) is 56.2. The summed E-state index contributed by atoms with van der Waals surface area (Å²) in [5.74, 6) is 0.0362. The van der Waals surface area contributed by atoms with Crippen LogP contribution in [0.3, 0.4) is 0 Å². The molecule has 0 radical (unpaired) electrons. The number of hydrogen-bond acceptors (Lipinski definition) is 11. The van der Waals surface area contributed by atoms with Crippen molar-refractivity contribution >= 4 is 48.5 Å². The number of unbranched alkanes of at least 4 members (excludes halogenated alkanes) is 18. The first-order chi connectivity index (χ1) is 28.7. The zero-order chi connectivity index (χ0) is 44.5. The molecule has 0 unspecified atom stereocenters. The van der Waals surface area contributed by atoms with Gasteiger partial charge in [-0.1, -0.05) is 137 Å². The molecular weight excluding hydrogens is 897 g/mol. The second-order valence-corrected chi connectivity index (χ2v) is 23.4. The standard InChI is InChI=1S/C46H82INO11Si/c1-8-9-10-11-12-13-14-16-19-22-25-28-43(49)56-36-41(37-58-60(6,7)46(2,3)4)59-44(50)29-26-23-20-17-15-18-21-24-27-30-54-35-39-33-40(48(51)52)34-42(47)45(39)57-38-55-32-31-53-5/h33-34,41H,8-32,35-38H2,1-7H3/t41-/m0/s1. The molecule has 14 heteroatoms. The number of carbonyl (C=O) groups is 2. The molecule has 0 fully saturated rings. The molecular formula is C46H82INO11Si. The van der Waals surface area contributed by atoms with E-state index in [4.69, 9.17) is 32.8 Å². The molecule has 0 aliphatic rings. The number of nitro groups is 1. The van der Waals surface area contributed by atoms with Crippen LogP contribution in [0.4, 0.5) is 5.69 Å². The largest absolute Gasteiger partial charge is 0.466 e. The molecule has 12 nitrogen and oxygen atoms in total. The molecule has 0 N–H and O–H groups in total. The van der Waals surface area contributed by atoms with Gasteiger partial charge in [-0.05, 0) is 60.0 Å². The summed E-state index contributed by atoms with van der Waals surface area (Å²) in [6.07, 6.45) is 22.9. The smallest absolute Gasteiger partial charge is 0.306 e. The summed E-state index contributed by atoms with van der Waals surface area (Å²) < 4.78 is 40.5.